The molecule has 178 valence electrons. The third-order valence-corrected chi connectivity index (χ3v) is 5.80. The Balaban J connectivity index is 1.71. The number of Topliss-reactive ketones (excluding diaryl/α,β-unsaturated/α-hetero) is 1. The average molecular weight is 486 g/mol. The molecule has 0 atom stereocenters. The molecule has 0 saturated carbocycles. The van der Waals surface area contributed by atoms with Gasteiger partial charge in [-0.2, -0.15) is 5.10 Å². The van der Waals surface area contributed by atoms with Gasteiger partial charge in [-0.25, -0.2) is 9.59 Å². The SMILES string of the molecule is Cc1nn(Cc2ccccc2Cl)c(C)c1/C=C/C(=O)OCC(=O)c1c(N)n(C)c(=O)n(C)c1=O. The first-order valence-electron chi connectivity index (χ1n) is 10.2. The molecular formula is C23H24ClN5O5. The van der Waals surface area contributed by atoms with Crippen LogP contribution in [-0.2, 0) is 30.2 Å². The molecule has 0 bridgehead atoms. The lowest BCUT2D eigenvalue weighted by molar-refractivity contribution is -0.136. The van der Waals surface area contributed by atoms with Gasteiger partial charge in [0.2, 0.25) is 5.78 Å². The number of aryl methyl sites for hydroxylation is 1. The topological polar surface area (TPSA) is 131 Å². The van der Waals surface area contributed by atoms with Crippen LogP contribution < -0.4 is 17.0 Å². The number of ether oxygens (including phenoxy) is 1. The van der Waals surface area contributed by atoms with Gasteiger partial charge in [-0.1, -0.05) is 29.8 Å². The number of esters is 1. The first-order valence-corrected chi connectivity index (χ1v) is 10.6. The van der Waals surface area contributed by atoms with Crippen LogP contribution in [0.3, 0.4) is 0 Å². The maximum absolute atomic E-state index is 12.5. The maximum Gasteiger partial charge on any atom is 0.332 e. The van der Waals surface area contributed by atoms with Gasteiger partial charge in [-0.05, 0) is 31.6 Å². The number of hydrogen-bond donors (Lipinski definition) is 1. The number of carbonyl (C=O) groups is 2. The Morgan fingerprint density at radius 1 is 1.15 bits per heavy atom. The zero-order valence-corrected chi connectivity index (χ0v) is 19.9. The zero-order chi connectivity index (χ0) is 25.2. The highest BCUT2D eigenvalue weighted by Gasteiger charge is 2.21. The van der Waals surface area contributed by atoms with E-state index in [9.17, 15) is 19.2 Å². The Labute approximate surface area is 199 Å². The van der Waals surface area contributed by atoms with E-state index in [1.54, 1.807) is 16.8 Å². The highest BCUT2D eigenvalue weighted by molar-refractivity contribution is 6.31. The van der Waals surface area contributed by atoms with Gasteiger partial charge in [0.25, 0.3) is 5.56 Å². The fourth-order valence-corrected chi connectivity index (χ4v) is 3.62. The van der Waals surface area contributed by atoms with Crippen molar-refractivity contribution in [2.75, 3.05) is 12.3 Å². The molecule has 3 rings (SSSR count). The number of halogens is 1. The predicted octanol–water partition coefficient (Wildman–Crippen LogP) is 1.62. The van der Waals surface area contributed by atoms with Crippen LogP contribution in [-0.4, -0.2) is 37.3 Å². The van der Waals surface area contributed by atoms with Crippen molar-refractivity contribution in [3.63, 3.8) is 0 Å². The van der Waals surface area contributed by atoms with Crippen LogP contribution in [0, 0.1) is 13.8 Å². The van der Waals surface area contributed by atoms with Crippen molar-refractivity contribution in [2.45, 2.75) is 20.4 Å². The number of carbonyl (C=O) groups excluding carboxylic acids is 2. The first-order chi connectivity index (χ1) is 16.0. The second-order valence-corrected chi connectivity index (χ2v) is 8.07. The Morgan fingerprint density at radius 3 is 2.50 bits per heavy atom. The molecule has 1 aromatic carbocycles. The molecule has 0 aliphatic heterocycles. The summed E-state index contributed by atoms with van der Waals surface area (Å²) in [7, 11) is 2.56. The molecule has 0 fully saturated rings. The van der Waals surface area contributed by atoms with E-state index < -0.39 is 35.2 Å². The summed E-state index contributed by atoms with van der Waals surface area (Å²) in [5.41, 5.74) is 6.98. The van der Waals surface area contributed by atoms with Crippen LogP contribution in [0.25, 0.3) is 6.08 Å². The van der Waals surface area contributed by atoms with Crippen molar-refractivity contribution in [2.24, 2.45) is 14.1 Å². The van der Waals surface area contributed by atoms with Gasteiger partial charge < -0.3 is 10.5 Å². The van der Waals surface area contributed by atoms with Crippen LogP contribution in [0.15, 0.2) is 39.9 Å². The van der Waals surface area contributed by atoms with E-state index in [4.69, 9.17) is 22.1 Å². The molecule has 10 nitrogen and oxygen atoms in total. The Kier molecular flexibility index (Phi) is 7.21. The van der Waals surface area contributed by atoms with Crippen LogP contribution >= 0.6 is 11.6 Å². The minimum atomic E-state index is -0.852. The van der Waals surface area contributed by atoms with E-state index in [0.717, 1.165) is 26.0 Å². The zero-order valence-electron chi connectivity index (χ0n) is 19.2. The summed E-state index contributed by atoms with van der Waals surface area (Å²) >= 11 is 6.24. The Hall–Kier alpha value is -3.92. The second kappa shape index (κ2) is 9.92. The fourth-order valence-electron chi connectivity index (χ4n) is 3.42. The number of aromatic nitrogens is 4. The summed E-state index contributed by atoms with van der Waals surface area (Å²) in [6.07, 6.45) is 2.72. The van der Waals surface area contributed by atoms with E-state index in [2.05, 4.69) is 5.10 Å². The van der Waals surface area contributed by atoms with Crippen LogP contribution in [0.2, 0.25) is 5.02 Å². The summed E-state index contributed by atoms with van der Waals surface area (Å²) in [6.45, 7) is 3.44. The van der Waals surface area contributed by atoms with Gasteiger partial charge in [0.15, 0.2) is 6.61 Å². The average Bonchev–Trinajstić information content (AvgIpc) is 3.07. The van der Waals surface area contributed by atoms with Crippen LogP contribution in [0.1, 0.15) is 32.9 Å². The smallest absolute Gasteiger partial charge is 0.332 e. The van der Waals surface area contributed by atoms with Crippen LogP contribution in [0.5, 0.6) is 0 Å². The van der Waals surface area contributed by atoms with Gasteiger partial charge in [-0.3, -0.25) is 23.4 Å². The van der Waals surface area contributed by atoms with E-state index in [0.29, 0.717) is 17.3 Å². The second-order valence-electron chi connectivity index (χ2n) is 7.66. The van der Waals surface area contributed by atoms with Crippen molar-refractivity contribution in [1.82, 2.24) is 18.9 Å². The number of nitrogen functional groups attached to an aromatic ring is 1. The van der Waals surface area contributed by atoms with E-state index >= 15 is 0 Å². The molecule has 2 heterocycles. The van der Waals surface area contributed by atoms with Crippen molar-refractivity contribution in [3.8, 4) is 0 Å². The quantitative estimate of drug-likeness (QED) is 0.305. The largest absolute Gasteiger partial charge is 0.454 e. The monoisotopic (exact) mass is 485 g/mol. The lowest BCUT2D eigenvalue weighted by Crippen LogP contribution is -2.42. The third-order valence-electron chi connectivity index (χ3n) is 5.44. The minimum Gasteiger partial charge on any atom is -0.454 e. The Morgan fingerprint density at radius 2 is 1.82 bits per heavy atom. The van der Waals surface area contributed by atoms with Crippen LogP contribution in [0.4, 0.5) is 5.82 Å². The van der Waals surface area contributed by atoms with Gasteiger partial charge in [0.1, 0.15) is 11.4 Å². The normalized spacial score (nSPS) is 11.2. The van der Waals surface area contributed by atoms with E-state index in [1.807, 2.05) is 32.0 Å². The number of hydrogen-bond acceptors (Lipinski definition) is 7. The summed E-state index contributed by atoms with van der Waals surface area (Å²) < 4.78 is 8.50. The molecule has 0 amide bonds. The lowest BCUT2D eigenvalue weighted by atomic mass is 10.1. The minimum absolute atomic E-state index is 0.290. The maximum atomic E-state index is 12.5. The van der Waals surface area contributed by atoms with E-state index in [-0.39, 0.29) is 5.82 Å². The number of nitrogens with zero attached hydrogens (tertiary/aromatic N) is 4. The number of rotatable bonds is 7. The van der Waals surface area contributed by atoms with Crippen molar-refractivity contribution in [3.05, 3.63) is 84.3 Å². The number of benzene rings is 1. The Bertz CT molecular complexity index is 1430. The third kappa shape index (κ3) is 4.86. The molecule has 2 N–H and O–H groups in total. The standard InChI is InChI=1S/C23H24ClN5O5/c1-13-16(14(2)29(26-13)11-15-7-5-6-8-17(15)24)9-10-19(31)34-12-18(30)20-21(25)27(3)23(33)28(4)22(20)32/h5-10H,11-12,25H2,1-4H3/b10-9+. The van der Waals surface area contributed by atoms with Gasteiger partial charge >= 0.3 is 11.7 Å². The molecule has 0 spiro atoms. The molecule has 0 radical (unpaired) electrons. The molecule has 2 aromatic heterocycles. The summed E-state index contributed by atoms with van der Waals surface area (Å²) in [5.74, 6) is -1.89. The molecule has 34 heavy (non-hydrogen) atoms. The highest BCUT2D eigenvalue weighted by Crippen LogP contribution is 2.20. The molecular weight excluding hydrogens is 462 g/mol. The number of ketones is 1. The lowest BCUT2D eigenvalue weighted by Gasteiger charge is -2.10. The molecule has 11 heteroatoms. The molecule has 3 aromatic rings. The van der Waals surface area contributed by atoms with Crippen molar-refractivity contribution >= 4 is 35.2 Å². The molecule has 0 aliphatic rings. The molecule has 0 aliphatic carbocycles. The van der Waals surface area contributed by atoms with Crippen molar-refractivity contribution in [1.29, 1.82) is 0 Å². The summed E-state index contributed by atoms with van der Waals surface area (Å²) in [6, 6.07) is 7.46. The number of nitrogens with two attached hydrogens (primary N) is 1. The van der Waals surface area contributed by atoms with Gasteiger partial charge in [-0.15, -0.1) is 0 Å². The van der Waals surface area contributed by atoms with Crippen molar-refractivity contribution < 1.29 is 14.3 Å². The fraction of sp³-hybridized carbons (Fsp3) is 0.261. The summed E-state index contributed by atoms with van der Waals surface area (Å²) in [4.78, 5) is 48.8. The number of anilines is 1. The molecule has 0 unspecified atom stereocenters. The van der Waals surface area contributed by atoms with E-state index in [1.165, 1.54) is 20.2 Å². The first kappa shape index (κ1) is 24.7. The highest BCUT2D eigenvalue weighted by atomic mass is 35.5. The van der Waals surface area contributed by atoms with Gasteiger partial charge in [0, 0.05) is 36.5 Å². The molecule has 0 saturated heterocycles. The predicted molar refractivity (Wildman–Crippen MR) is 128 cm³/mol. The van der Waals surface area contributed by atoms with Gasteiger partial charge in [0.05, 0.1) is 12.2 Å². The summed E-state index contributed by atoms with van der Waals surface area (Å²) in [5, 5.41) is 5.14.